The van der Waals surface area contributed by atoms with Crippen LogP contribution in [0.5, 0.6) is 0 Å². The molecule has 2 unspecified atom stereocenters. The fourth-order valence-corrected chi connectivity index (χ4v) is 2.30. The van der Waals surface area contributed by atoms with Crippen LogP contribution in [0, 0.1) is 0 Å². The largest absolute Gasteiger partial charge is 0.442 e. The second-order valence-electron chi connectivity index (χ2n) is 5.28. The van der Waals surface area contributed by atoms with Crippen LogP contribution < -0.4 is 10.2 Å². The zero-order valence-corrected chi connectivity index (χ0v) is 14.7. The Labute approximate surface area is 141 Å². The van der Waals surface area contributed by atoms with Crippen LogP contribution in [0.1, 0.15) is 41.0 Å². The quantitative estimate of drug-likeness (QED) is 0.609. The van der Waals surface area contributed by atoms with E-state index in [2.05, 4.69) is 5.32 Å². The van der Waals surface area contributed by atoms with E-state index in [1.54, 1.807) is 49.9 Å². The molecule has 0 aliphatic heterocycles. The van der Waals surface area contributed by atoms with E-state index in [0.29, 0.717) is 17.8 Å². The minimum atomic E-state index is -0.658. The van der Waals surface area contributed by atoms with E-state index in [-0.39, 0.29) is 5.91 Å². The fourth-order valence-electron chi connectivity index (χ4n) is 2.30. The number of hydrogen-bond donors (Lipinski definition) is 1. The van der Waals surface area contributed by atoms with Crippen molar-refractivity contribution in [2.75, 3.05) is 10.2 Å². The van der Waals surface area contributed by atoms with Gasteiger partial charge in [0.05, 0.1) is 0 Å². The van der Waals surface area contributed by atoms with Crippen LogP contribution in [-0.2, 0) is 23.9 Å². The SMILES string of the molecule is CCC(=O)Nc1cccc(N(C(C)OC(C)=O)C(C)OC(C)=O)c1. The van der Waals surface area contributed by atoms with Gasteiger partial charge in [-0.2, -0.15) is 0 Å². The lowest BCUT2D eigenvalue weighted by atomic mass is 10.2. The number of nitrogens with zero attached hydrogens (tertiary/aromatic N) is 1. The molecule has 0 aromatic heterocycles. The Balaban J connectivity index is 3.13. The van der Waals surface area contributed by atoms with Crippen molar-refractivity contribution in [2.45, 2.75) is 53.5 Å². The first-order valence-electron chi connectivity index (χ1n) is 7.77. The fraction of sp³-hybridized carbons (Fsp3) is 0.471. The molecule has 0 spiro atoms. The van der Waals surface area contributed by atoms with Crippen molar-refractivity contribution in [1.82, 2.24) is 0 Å². The first kappa shape index (κ1) is 19.5. The summed E-state index contributed by atoms with van der Waals surface area (Å²) < 4.78 is 10.4. The van der Waals surface area contributed by atoms with Crippen LogP contribution in [0.2, 0.25) is 0 Å². The number of anilines is 2. The molecule has 0 saturated carbocycles. The molecule has 132 valence electrons. The molecule has 7 nitrogen and oxygen atoms in total. The molecule has 2 atom stereocenters. The number of carbonyl (C=O) groups excluding carboxylic acids is 3. The van der Waals surface area contributed by atoms with Gasteiger partial charge in [-0.1, -0.05) is 13.0 Å². The highest BCUT2D eigenvalue weighted by molar-refractivity contribution is 5.91. The Morgan fingerprint density at radius 1 is 1.08 bits per heavy atom. The van der Waals surface area contributed by atoms with Gasteiger partial charge in [0, 0.05) is 31.6 Å². The summed E-state index contributed by atoms with van der Waals surface area (Å²) in [6.45, 7) is 7.74. The predicted molar refractivity (Wildman–Crippen MR) is 90.3 cm³/mol. The molecule has 1 aromatic carbocycles. The molecule has 0 bridgehead atoms. The Bertz CT molecular complexity index is 580. The monoisotopic (exact) mass is 336 g/mol. The third-order valence-corrected chi connectivity index (χ3v) is 3.21. The van der Waals surface area contributed by atoms with E-state index in [4.69, 9.17) is 9.47 Å². The number of nitrogens with one attached hydrogen (secondary N) is 1. The summed E-state index contributed by atoms with van der Waals surface area (Å²) >= 11 is 0. The van der Waals surface area contributed by atoms with Gasteiger partial charge < -0.3 is 19.7 Å². The average molecular weight is 336 g/mol. The van der Waals surface area contributed by atoms with Gasteiger partial charge >= 0.3 is 11.9 Å². The van der Waals surface area contributed by atoms with Crippen LogP contribution in [0.4, 0.5) is 11.4 Å². The lowest BCUT2D eigenvalue weighted by Gasteiger charge is -2.35. The minimum Gasteiger partial charge on any atom is -0.442 e. The summed E-state index contributed by atoms with van der Waals surface area (Å²) in [4.78, 5) is 35.7. The number of rotatable bonds is 7. The van der Waals surface area contributed by atoms with Crippen molar-refractivity contribution in [3.63, 3.8) is 0 Å². The van der Waals surface area contributed by atoms with Crippen molar-refractivity contribution in [1.29, 1.82) is 0 Å². The van der Waals surface area contributed by atoms with Crippen molar-refractivity contribution in [3.05, 3.63) is 24.3 Å². The molecule has 0 fully saturated rings. The van der Waals surface area contributed by atoms with E-state index in [1.165, 1.54) is 13.8 Å². The Kier molecular flexibility index (Phi) is 7.23. The highest BCUT2D eigenvalue weighted by Gasteiger charge is 2.25. The van der Waals surface area contributed by atoms with E-state index < -0.39 is 24.4 Å². The molecular weight excluding hydrogens is 312 g/mol. The van der Waals surface area contributed by atoms with E-state index in [0.717, 1.165) is 0 Å². The average Bonchev–Trinajstić information content (AvgIpc) is 2.46. The highest BCUT2D eigenvalue weighted by atomic mass is 16.6. The van der Waals surface area contributed by atoms with Gasteiger partial charge in [-0.3, -0.25) is 14.4 Å². The van der Waals surface area contributed by atoms with Gasteiger partial charge in [0.25, 0.3) is 0 Å². The summed E-state index contributed by atoms with van der Waals surface area (Å²) in [5, 5.41) is 2.77. The lowest BCUT2D eigenvalue weighted by molar-refractivity contribution is -0.150. The number of benzene rings is 1. The topological polar surface area (TPSA) is 84.9 Å². The molecule has 1 amide bonds. The van der Waals surface area contributed by atoms with Crippen molar-refractivity contribution in [2.24, 2.45) is 0 Å². The summed E-state index contributed by atoms with van der Waals surface area (Å²) in [7, 11) is 0. The zero-order chi connectivity index (χ0) is 18.3. The Morgan fingerprint density at radius 2 is 1.62 bits per heavy atom. The standard InChI is InChI=1S/C17H24N2O5/c1-6-17(22)18-15-8-7-9-16(10-15)19(11(2)23-13(4)20)12(3)24-14(5)21/h7-12H,6H2,1-5H3,(H,18,22). The predicted octanol–water partition coefficient (Wildman–Crippen LogP) is 2.66. The second kappa shape index (κ2) is 8.90. The molecule has 0 radical (unpaired) electrons. The Hall–Kier alpha value is -2.57. The van der Waals surface area contributed by atoms with Gasteiger partial charge in [0.1, 0.15) is 0 Å². The van der Waals surface area contributed by atoms with E-state index in [9.17, 15) is 14.4 Å². The third kappa shape index (κ3) is 5.91. The first-order valence-corrected chi connectivity index (χ1v) is 7.77. The second-order valence-corrected chi connectivity index (χ2v) is 5.28. The smallest absolute Gasteiger partial charge is 0.304 e. The molecule has 0 aliphatic carbocycles. The molecule has 0 aliphatic rings. The maximum atomic E-state index is 11.6. The molecule has 1 aromatic rings. The number of esters is 2. The zero-order valence-electron chi connectivity index (χ0n) is 14.7. The van der Waals surface area contributed by atoms with Crippen molar-refractivity contribution in [3.8, 4) is 0 Å². The maximum Gasteiger partial charge on any atom is 0.304 e. The van der Waals surface area contributed by atoms with Crippen LogP contribution in [0.3, 0.4) is 0 Å². The van der Waals surface area contributed by atoms with Crippen LogP contribution in [0.25, 0.3) is 0 Å². The van der Waals surface area contributed by atoms with Gasteiger partial charge in [-0.25, -0.2) is 0 Å². The normalized spacial score (nSPS) is 12.7. The van der Waals surface area contributed by atoms with Crippen molar-refractivity contribution < 1.29 is 23.9 Å². The molecular formula is C17H24N2O5. The number of hydrogen-bond acceptors (Lipinski definition) is 6. The number of carbonyl (C=O) groups is 3. The van der Waals surface area contributed by atoms with E-state index in [1.807, 2.05) is 0 Å². The number of amides is 1. The van der Waals surface area contributed by atoms with Gasteiger partial charge in [0.15, 0.2) is 12.5 Å². The third-order valence-electron chi connectivity index (χ3n) is 3.21. The van der Waals surface area contributed by atoms with Gasteiger partial charge in [-0.15, -0.1) is 0 Å². The first-order chi connectivity index (χ1) is 11.2. The summed E-state index contributed by atoms with van der Waals surface area (Å²) in [5.41, 5.74) is 1.25. The van der Waals surface area contributed by atoms with E-state index >= 15 is 0 Å². The maximum absolute atomic E-state index is 11.6. The van der Waals surface area contributed by atoms with Crippen LogP contribution in [-0.4, -0.2) is 30.3 Å². The van der Waals surface area contributed by atoms with Gasteiger partial charge in [-0.05, 0) is 32.0 Å². The Morgan fingerprint density at radius 3 is 2.08 bits per heavy atom. The molecule has 0 saturated heterocycles. The van der Waals surface area contributed by atoms with Crippen LogP contribution in [0.15, 0.2) is 24.3 Å². The summed E-state index contributed by atoms with van der Waals surface area (Å²) in [6.07, 6.45) is -0.954. The molecule has 0 heterocycles. The lowest BCUT2D eigenvalue weighted by Crippen LogP contribution is -2.44. The minimum absolute atomic E-state index is 0.111. The molecule has 1 rings (SSSR count). The molecule has 7 heteroatoms. The summed E-state index contributed by atoms with van der Waals surface area (Å²) in [5.74, 6) is -1.00. The highest BCUT2D eigenvalue weighted by Crippen LogP contribution is 2.25. The van der Waals surface area contributed by atoms with Gasteiger partial charge in [0.2, 0.25) is 5.91 Å². The molecule has 24 heavy (non-hydrogen) atoms. The van der Waals surface area contributed by atoms with Crippen molar-refractivity contribution >= 4 is 29.2 Å². The van der Waals surface area contributed by atoms with Crippen LogP contribution >= 0.6 is 0 Å². The number of ether oxygens (including phenoxy) is 2. The molecule has 1 N–H and O–H groups in total. The summed E-state index contributed by atoms with van der Waals surface area (Å²) in [6, 6.07) is 7.02.